The molecule has 1 saturated carbocycles. The largest absolute Gasteiger partial charge is 0.493 e. The fourth-order valence-corrected chi connectivity index (χ4v) is 4.99. The average molecular weight is 426 g/mol. The van der Waals surface area contributed by atoms with Crippen LogP contribution >= 0.6 is 35.0 Å². The van der Waals surface area contributed by atoms with Crippen molar-refractivity contribution in [2.24, 2.45) is 7.05 Å². The minimum Gasteiger partial charge on any atom is -0.493 e. The zero-order chi connectivity index (χ0) is 19.1. The van der Waals surface area contributed by atoms with Gasteiger partial charge in [-0.3, -0.25) is 9.69 Å². The molecule has 0 bridgehead atoms. The van der Waals surface area contributed by atoms with Crippen molar-refractivity contribution >= 4 is 40.7 Å². The third kappa shape index (κ3) is 3.73. The lowest BCUT2D eigenvalue weighted by Gasteiger charge is -2.27. The minimum absolute atomic E-state index is 0.109. The third-order valence-corrected chi connectivity index (χ3v) is 6.88. The fourth-order valence-electron chi connectivity index (χ4n) is 3.43. The summed E-state index contributed by atoms with van der Waals surface area (Å²) in [5, 5.41) is 15.7. The number of rotatable bonds is 5. The quantitative estimate of drug-likeness (QED) is 0.730. The van der Waals surface area contributed by atoms with Gasteiger partial charge in [0, 0.05) is 60.3 Å². The van der Waals surface area contributed by atoms with Gasteiger partial charge in [0.05, 0.1) is 10.7 Å². The summed E-state index contributed by atoms with van der Waals surface area (Å²) in [6.07, 6.45) is 1.98. The first-order valence-corrected chi connectivity index (χ1v) is 11.0. The molecule has 27 heavy (non-hydrogen) atoms. The number of carbonyl (C=O) groups is 1. The van der Waals surface area contributed by atoms with E-state index in [0.29, 0.717) is 27.8 Å². The maximum Gasteiger partial charge on any atom is 0.220 e. The van der Waals surface area contributed by atoms with Gasteiger partial charge in [-0.1, -0.05) is 23.2 Å². The Kier molecular flexibility index (Phi) is 5.43. The highest BCUT2D eigenvalue weighted by Crippen LogP contribution is 2.44. The van der Waals surface area contributed by atoms with Crippen molar-refractivity contribution in [3.63, 3.8) is 0 Å². The van der Waals surface area contributed by atoms with E-state index in [1.165, 1.54) is 4.68 Å². The molecule has 144 valence electrons. The second kappa shape index (κ2) is 7.66. The van der Waals surface area contributed by atoms with Crippen molar-refractivity contribution in [3.05, 3.63) is 44.6 Å². The van der Waals surface area contributed by atoms with Gasteiger partial charge < -0.3 is 5.11 Å². The molecular weight excluding hydrogens is 405 g/mol. The average Bonchev–Trinajstić information content (AvgIpc) is 3.46. The molecule has 1 aromatic heterocycles. The molecule has 8 heteroatoms. The molecule has 0 spiro atoms. The van der Waals surface area contributed by atoms with Crippen LogP contribution in [0.1, 0.15) is 45.9 Å². The Morgan fingerprint density at radius 3 is 2.67 bits per heavy atom. The Morgan fingerprint density at radius 1 is 1.30 bits per heavy atom. The maximum atomic E-state index is 13.3. The lowest BCUT2D eigenvalue weighted by atomic mass is 9.99. The fraction of sp³-hybridized carbons (Fsp3) is 0.474. The zero-order valence-electron chi connectivity index (χ0n) is 15.0. The molecular formula is C19H21Cl2N3O2S. The number of thioether (sulfide) groups is 1. The molecule has 5 nitrogen and oxygen atoms in total. The molecule has 4 rings (SSSR count). The molecule has 1 aliphatic heterocycles. The summed E-state index contributed by atoms with van der Waals surface area (Å²) in [5.41, 5.74) is 2.07. The number of ketones is 1. The molecule has 0 unspecified atom stereocenters. The number of benzene rings is 1. The summed E-state index contributed by atoms with van der Waals surface area (Å²) in [6, 6.07) is 3.37. The van der Waals surface area contributed by atoms with Crippen LogP contribution in [0, 0.1) is 0 Å². The van der Waals surface area contributed by atoms with Crippen molar-refractivity contribution < 1.29 is 9.90 Å². The molecule has 0 amide bonds. The Balaban J connectivity index is 1.70. The summed E-state index contributed by atoms with van der Waals surface area (Å²) in [5.74, 6) is 2.01. The van der Waals surface area contributed by atoms with Crippen LogP contribution < -0.4 is 0 Å². The normalized spacial score (nSPS) is 18.0. The van der Waals surface area contributed by atoms with Gasteiger partial charge in [-0.05, 0) is 25.0 Å². The summed E-state index contributed by atoms with van der Waals surface area (Å²) in [7, 11) is 1.64. The lowest BCUT2D eigenvalue weighted by molar-refractivity contribution is 0.103. The smallest absolute Gasteiger partial charge is 0.220 e. The Bertz CT molecular complexity index is 890. The van der Waals surface area contributed by atoms with E-state index in [2.05, 4.69) is 10.00 Å². The van der Waals surface area contributed by atoms with Gasteiger partial charge in [-0.15, -0.1) is 0 Å². The summed E-state index contributed by atoms with van der Waals surface area (Å²) >= 11 is 15.0. The van der Waals surface area contributed by atoms with Gasteiger partial charge in [-0.2, -0.15) is 16.9 Å². The first-order valence-electron chi connectivity index (χ1n) is 9.05. The number of halogens is 2. The van der Waals surface area contributed by atoms with E-state index in [4.69, 9.17) is 23.2 Å². The molecule has 1 aliphatic carbocycles. The van der Waals surface area contributed by atoms with Gasteiger partial charge in [0.25, 0.3) is 0 Å². The number of aromatic hydroxyl groups is 1. The summed E-state index contributed by atoms with van der Waals surface area (Å²) in [6.45, 7) is 2.57. The van der Waals surface area contributed by atoms with E-state index >= 15 is 0 Å². The van der Waals surface area contributed by atoms with Crippen LogP contribution in [-0.4, -0.2) is 50.2 Å². The summed E-state index contributed by atoms with van der Waals surface area (Å²) < 4.78 is 1.36. The van der Waals surface area contributed by atoms with Crippen LogP contribution in [0.3, 0.4) is 0 Å². The molecule has 2 heterocycles. The van der Waals surface area contributed by atoms with E-state index in [1.54, 1.807) is 19.2 Å². The number of hydrogen-bond donors (Lipinski definition) is 1. The summed E-state index contributed by atoms with van der Waals surface area (Å²) in [4.78, 5) is 15.6. The van der Waals surface area contributed by atoms with Gasteiger partial charge in [-0.25, -0.2) is 4.68 Å². The van der Waals surface area contributed by atoms with Crippen LogP contribution in [0.25, 0.3) is 0 Å². The van der Waals surface area contributed by atoms with E-state index in [1.807, 2.05) is 11.8 Å². The van der Waals surface area contributed by atoms with Crippen molar-refractivity contribution in [2.75, 3.05) is 24.6 Å². The van der Waals surface area contributed by atoms with Gasteiger partial charge >= 0.3 is 0 Å². The monoisotopic (exact) mass is 425 g/mol. The lowest BCUT2D eigenvalue weighted by Crippen LogP contribution is -2.32. The number of carbonyl (C=O) groups excluding carboxylic acids is 1. The molecule has 1 aromatic carbocycles. The molecule has 0 atom stereocenters. The second-order valence-corrected chi connectivity index (χ2v) is 9.10. The van der Waals surface area contributed by atoms with E-state index < -0.39 is 0 Å². The standard InChI is InChI=1S/C19H21Cl2N3O2S/c1-23-19(26)15(17(22-23)11-2-3-11)18(25)12-4-5-14(20)13(16(12)21)10-24-6-8-27-9-7-24/h4-5,11,26H,2-3,6-10H2,1H3. The third-order valence-electron chi connectivity index (χ3n) is 5.15. The van der Waals surface area contributed by atoms with E-state index in [0.717, 1.165) is 43.0 Å². The number of aromatic nitrogens is 2. The van der Waals surface area contributed by atoms with Gasteiger partial charge in [0.1, 0.15) is 5.56 Å². The number of hydrogen-bond acceptors (Lipinski definition) is 5. The van der Waals surface area contributed by atoms with Crippen molar-refractivity contribution in [2.45, 2.75) is 25.3 Å². The number of aryl methyl sites for hydroxylation is 1. The van der Waals surface area contributed by atoms with Gasteiger partial charge in [0.2, 0.25) is 11.7 Å². The minimum atomic E-state index is -0.292. The number of nitrogens with zero attached hydrogens (tertiary/aromatic N) is 3. The first-order chi connectivity index (χ1) is 13.0. The zero-order valence-corrected chi connectivity index (χ0v) is 17.4. The highest BCUT2D eigenvalue weighted by atomic mass is 35.5. The van der Waals surface area contributed by atoms with Crippen LogP contribution in [-0.2, 0) is 13.6 Å². The molecule has 1 saturated heterocycles. The van der Waals surface area contributed by atoms with E-state index in [9.17, 15) is 9.90 Å². The van der Waals surface area contributed by atoms with Crippen LogP contribution in [0.2, 0.25) is 10.0 Å². The molecule has 1 N–H and O–H groups in total. The van der Waals surface area contributed by atoms with Gasteiger partial charge in [0.15, 0.2) is 0 Å². The topological polar surface area (TPSA) is 58.4 Å². The Hall–Kier alpha value is -1.21. The van der Waals surface area contributed by atoms with Crippen molar-refractivity contribution in [1.29, 1.82) is 0 Å². The second-order valence-electron chi connectivity index (χ2n) is 7.09. The predicted octanol–water partition coefficient (Wildman–Crippen LogP) is 4.09. The predicted molar refractivity (Wildman–Crippen MR) is 109 cm³/mol. The maximum absolute atomic E-state index is 13.3. The SMILES string of the molecule is Cn1nc(C2CC2)c(C(=O)c2ccc(Cl)c(CN3CCSCC3)c2Cl)c1O. The van der Waals surface area contributed by atoms with Crippen LogP contribution in [0.15, 0.2) is 12.1 Å². The van der Waals surface area contributed by atoms with E-state index in [-0.39, 0.29) is 23.1 Å². The van der Waals surface area contributed by atoms with Crippen LogP contribution in [0.4, 0.5) is 0 Å². The van der Waals surface area contributed by atoms with Crippen molar-refractivity contribution in [1.82, 2.24) is 14.7 Å². The Labute approximate surface area is 172 Å². The highest BCUT2D eigenvalue weighted by Gasteiger charge is 2.35. The van der Waals surface area contributed by atoms with Crippen molar-refractivity contribution in [3.8, 4) is 5.88 Å². The molecule has 2 aliphatic rings. The highest BCUT2D eigenvalue weighted by molar-refractivity contribution is 7.99. The molecule has 2 aromatic rings. The Morgan fingerprint density at radius 2 is 2.00 bits per heavy atom. The van der Waals surface area contributed by atoms with Crippen LogP contribution in [0.5, 0.6) is 5.88 Å². The first kappa shape index (κ1) is 19.1. The molecule has 2 fully saturated rings. The molecule has 0 radical (unpaired) electrons.